The number of benzene rings is 2. The zero-order valence-electron chi connectivity index (χ0n) is 11.0. The predicted octanol–water partition coefficient (Wildman–Crippen LogP) is 3.74. The topological polar surface area (TPSA) is 29.1 Å². The minimum Gasteiger partial charge on any atom is -0.352 e. The number of alkyl halides is 1. The summed E-state index contributed by atoms with van der Waals surface area (Å²) in [6, 6.07) is 8.94. The monoisotopic (exact) mass is 351 g/mol. The Morgan fingerprint density at radius 2 is 1.76 bits per heavy atom. The van der Waals surface area contributed by atoms with Crippen LogP contribution in [0.3, 0.4) is 0 Å². The van der Waals surface area contributed by atoms with Gasteiger partial charge in [-0.15, -0.1) is 0 Å². The molecule has 108 valence electrons. The Labute approximate surface area is 129 Å². The van der Waals surface area contributed by atoms with E-state index in [1.165, 1.54) is 12.1 Å². The van der Waals surface area contributed by atoms with Crippen molar-refractivity contribution in [1.29, 1.82) is 0 Å². The minimum atomic E-state index is -0.620. The Morgan fingerprint density at radius 1 is 1.05 bits per heavy atom. The van der Waals surface area contributed by atoms with Gasteiger partial charge in [-0.3, -0.25) is 4.79 Å². The van der Waals surface area contributed by atoms with Crippen molar-refractivity contribution in [3.63, 3.8) is 0 Å². The molecular formula is C16H12BrF2NO. The summed E-state index contributed by atoms with van der Waals surface area (Å²) >= 11 is 3.45. The first-order chi connectivity index (χ1) is 10.0. The first-order valence-corrected chi connectivity index (χ1v) is 7.47. The second-order valence-electron chi connectivity index (χ2n) is 4.99. The summed E-state index contributed by atoms with van der Waals surface area (Å²) in [5.41, 5.74) is 2.88. The predicted molar refractivity (Wildman–Crippen MR) is 79.6 cm³/mol. The minimum absolute atomic E-state index is 0.108. The number of rotatable bonds is 2. The third-order valence-electron chi connectivity index (χ3n) is 3.53. The van der Waals surface area contributed by atoms with Gasteiger partial charge < -0.3 is 5.32 Å². The molecule has 0 radical (unpaired) electrons. The fourth-order valence-corrected chi connectivity index (χ4v) is 3.05. The van der Waals surface area contributed by atoms with Gasteiger partial charge in [-0.05, 0) is 41.3 Å². The highest BCUT2D eigenvalue weighted by atomic mass is 79.9. The summed E-state index contributed by atoms with van der Waals surface area (Å²) in [6.45, 7) is 0.637. The van der Waals surface area contributed by atoms with Crippen molar-refractivity contribution in [3.8, 4) is 0 Å². The van der Waals surface area contributed by atoms with Crippen LogP contribution in [0.5, 0.6) is 0 Å². The summed E-state index contributed by atoms with van der Waals surface area (Å²) in [5.74, 6) is -1.35. The molecule has 1 unspecified atom stereocenters. The lowest BCUT2D eigenvalue weighted by Gasteiger charge is -2.19. The summed E-state index contributed by atoms with van der Waals surface area (Å²) in [5, 5.41) is 2.79. The average Bonchev–Trinajstić information content (AvgIpc) is 2.45. The number of nitrogens with one attached hydrogen (secondary N) is 1. The summed E-state index contributed by atoms with van der Waals surface area (Å²) in [6.07, 6.45) is 0.795. The Bertz CT molecular complexity index is 697. The molecule has 0 aromatic heterocycles. The second kappa shape index (κ2) is 5.56. The zero-order chi connectivity index (χ0) is 15.0. The van der Waals surface area contributed by atoms with E-state index in [1.54, 1.807) is 6.07 Å². The van der Waals surface area contributed by atoms with Crippen molar-refractivity contribution in [3.05, 3.63) is 70.3 Å². The molecule has 0 fully saturated rings. The van der Waals surface area contributed by atoms with E-state index in [4.69, 9.17) is 0 Å². The Kier molecular flexibility index (Phi) is 3.76. The van der Waals surface area contributed by atoms with Crippen molar-refractivity contribution in [1.82, 2.24) is 5.32 Å². The average molecular weight is 352 g/mol. The van der Waals surface area contributed by atoms with E-state index in [-0.39, 0.29) is 10.7 Å². The van der Waals surface area contributed by atoms with Gasteiger partial charge in [0.2, 0.25) is 0 Å². The van der Waals surface area contributed by atoms with Crippen LogP contribution < -0.4 is 5.32 Å². The van der Waals surface area contributed by atoms with Crippen LogP contribution in [0.2, 0.25) is 0 Å². The molecule has 1 heterocycles. The SMILES string of the molecule is O=C1NCCc2ccc(C(Br)c3cc(F)cc(F)c3)cc21. The van der Waals surface area contributed by atoms with E-state index < -0.39 is 11.6 Å². The number of hydrogen-bond acceptors (Lipinski definition) is 1. The van der Waals surface area contributed by atoms with Gasteiger partial charge in [-0.2, -0.15) is 0 Å². The number of amides is 1. The van der Waals surface area contributed by atoms with E-state index >= 15 is 0 Å². The molecular weight excluding hydrogens is 340 g/mol. The van der Waals surface area contributed by atoms with Gasteiger partial charge in [0, 0.05) is 18.2 Å². The van der Waals surface area contributed by atoms with E-state index in [9.17, 15) is 13.6 Å². The van der Waals surface area contributed by atoms with Crippen molar-refractivity contribution in [2.24, 2.45) is 0 Å². The van der Waals surface area contributed by atoms with Crippen molar-refractivity contribution in [2.45, 2.75) is 11.2 Å². The molecule has 2 nitrogen and oxygen atoms in total. The first kappa shape index (κ1) is 14.2. The second-order valence-corrected chi connectivity index (χ2v) is 5.90. The standard InChI is InChI=1S/C16H12BrF2NO/c17-15(11-5-12(18)8-13(19)6-11)10-2-1-9-3-4-20-16(21)14(9)7-10/h1-2,5-8,15H,3-4H2,(H,20,21). The highest BCUT2D eigenvalue weighted by Crippen LogP contribution is 2.33. The normalized spacial score (nSPS) is 15.3. The van der Waals surface area contributed by atoms with Crippen LogP contribution in [0.1, 0.15) is 31.9 Å². The van der Waals surface area contributed by atoms with E-state index in [0.29, 0.717) is 17.7 Å². The number of halogens is 3. The largest absolute Gasteiger partial charge is 0.352 e. The van der Waals surface area contributed by atoms with Crippen molar-refractivity contribution < 1.29 is 13.6 Å². The summed E-state index contributed by atoms with van der Waals surface area (Å²) in [4.78, 5) is 11.5. The van der Waals surface area contributed by atoms with Gasteiger partial charge in [0.15, 0.2) is 0 Å². The molecule has 1 aliphatic heterocycles. The van der Waals surface area contributed by atoms with Crippen LogP contribution in [0.4, 0.5) is 8.78 Å². The molecule has 1 N–H and O–H groups in total. The molecule has 0 aliphatic carbocycles. The molecule has 1 aliphatic rings. The lowest BCUT2D eigenvalue weighted by atomic mass is 9.95. The molecule has 2 aromatic carbocycles. The first-order valence-electron chi connectivity index (χ1n) is 6.55. The maximum absolute atomic E-state index is 13.3. The third kappa shape index (κ3) is 2.83. The zero-order valence-corrected chi connectivity index (χ0v) is 12.6. The number of carbonyl (C=O) groups is 1. The van der Waals surface area contributed by atoms with Crippen molar-refractivity contribution in [2.75, 3.05) is 6.54 Å². The van der Waals surface area contributed by atoms with Gasteiger partial charge in [0.1, 0.15) is 11.6 Å². The van der Waals surface area contributed by atoms with Gasteiger partial charge in [0.05, 0.1) is 4.83 Å². The molecule has 3 rings (SSSR count). The van der Waals surface area contributed by atoms with E-state index in [2.05, 4.69) is 21.2 Å². The lowest BCUT2D eigenvalue weighted by Crippen LogP contribution is -2.31. The van der Waals surface area contributed by atoms with Crippen LogP contribution in [0.15, 0.2) is 36.4 Å². The maximum Gasteiger partial charge on any atom is 0.251 e. The Balaban J connectivity index is 2.00. The van der Waals surface area contributed by atoms with Gasteiger partial charge in [0.25, 0.3) is 5.91 Å². The fraction of sp³-hybridized carbons (Fsp3) is 0.188. The Morgan fingerprint density at radius 3 is 2.48 bits per heavy atom. The molecule has 0 saturated heterocycles. The molecule has 0 saturated carbocycles. The molecule has 0 bridgehead atoms. The van der Waals surface area contributed by atoms with Gasteiger partial charge >= 0.3 is 0 Å². The lowest BCUT2D eigenvalue weighted by molar-refractivity contribution is 0.0946. The number of hydrogen-bond donors (Lipinski definition) is 1. The molecule has 21 heavy (non-hydrogen) atoms. The molecule has 5 heteroatoms. The van der Waals surface area contributed by atoms with Crippen molar-refractivity contribution >= 4 is 21.8 Å². The molecule has 1 amide bonds. The third-order valence-corrected chi connectivity index (χ3v) is 4.59. The maximum atomic E-state index is 13.3. The van der Waals surface area contributed by atoms with Gasteiger partial charge in [-0.1, -0.05) is 28.1 Å². The highest BCUT2D eigenvalue weighted by molar-refractivity contribution is 9.09. The van der Waals surface area contributed by atoms with Gasteiger partial charge in [-0.25, -0.2) is 8.78 Å². The smallest absolute Gasteiger partial charge is 0.251 e. The molecule has 0 spiro atoms. The quantitative estimate of drug-likeness (QED) is 0.820. The molecule has 2 aromatic rings. The number of carbonyl (C=O) groups excluding carboxylic acids is 1. The fourth-order valence-electron chi connectivity index (χ4n) is 2.50. The molecule has 1 atom stereocenters. The number of fused-ring (bicyclic) bond motifs is 1. The van der Waals surface area contributed by atoms with E-state index in [0.717, 1.165) is 23.6 Å². The highest BCUT2D eigenvalue weighted by Gasteiger charge is 2.20. The van der Waals surface area contributed by atoms with E-state index in [1.807, 2.05) is 12.1 Å². The van der Waals surface area contributed by atoms with Crippen LogP contribution in [-0.4, -0.2) is 12.5 Å². The van der Waals surface area contributed by atoms with Crippen LogP contribution >= 0.6 is 15.9 Å². The summed E-state index contributed by atoms with van der Waals surface area (Å²) < 4.78 is 26.6. The van der Waals surface area contributed by atoms with Crippen LogP contribution in [0.25, 0.3) is 0 Å². The van der Waals surface area contributed by atoms with Crippen LogP contribution in [0, 0.1) is 11.6 Å². The van der Waals surface area contributed by atoms with Crippen LogP contribution in [-0.2, 0) is 6.42 Å². The Hall–Kier alpha value is -1.75. The summed E-state index contributed by atoms with van der Waals surface area (Å²) in [7, 11) is 0.